The van der Waals surface area contributed by atoms with E-state index >= 15 is 0 Å². The Hall–Kier alpha value is -3.85. The number of carbonyl (C=O) groups is 2. The fraction of sp³-hybridized carbons (Fsp3) is 0.371. The van der Waals surface area contributed by atoms with Crippen molar-refractivity contribution in [3.8, 4) is 17.2 Å². The summed E-state index contributed by atoms with van der Waals surface area (Å²) in [6.07, 6.45) is 0.685. The molecule has 9 heteroatoms. The summed E-state index contributed by atoms with van der Waals surface area (Å²) in [5, 5.41) is 11.7. The van der Waals surface area contributed by atoms with Crippen LogP contribution in [0.4, 0.5) is 0 Å². The van der Waals surface area contributed by atoms with Crippen molar-refractivity contribution in [3.05, 3.63) is 95.1 Å². The zero-order valence-corrected chi connectivity index (χ0v) is 26.3. The summed E-state index contributed by atoms with van der Waals surface area (Å²) in [5.74, 6) is 0.810. The van der Waals surface area contributed by atoms with Crippen molar-refractivity contribution in [1.29, 1.82) is 0 Å². The minimum atomic E-state index is -0.764. The summed E-state index contributed by atoms with van der Waals surface area (Å²) in [5.41, 5.74) is 2.00. The smallest absolute Gasteiger partial charge is 0.295 e. The fourth-order valence-corrected chi connectivity index (χ4v) is 5.52. The quantitative estimate of drug-likeness (QED) is 0.151. The van der Waals surface area contributed by atoms with Crippen molar-refractivity contribution in [3.63, 3.8) is 0 Å². The number of nitrogens with zero attached hydrogens (tertiary/aromatic N) is 2. The Labute approximate surface area is 265 Å². The van der Waals surface area contributed by atoms with E-state index in [1.807, 2.05) is 67.6 Å². The largest absolute Gasteiger partial charge is 0.507 e. The zero-order chi connectivity index (χ0) is 30.3. The van der Waals surface area contributed by atoms with Gasteiger partial charge in [-0.05, 0) is 72.9 Å². The number of hydrogen-bond acceptors (Lipinski definition) is 7. The number of rotatable bonds is 11. The lowest BCUT2D eigenvalue weighted by molar-refractivity contribution is -0.140. The minimum absolute atomic E-state index is 0. The van der Waals surface area contributed by atoms with Gasteiger partial charge in [-0.1, -0.05) is 44.2 Å². The number of Topliss-reactive ketones (excluding diaryl/α,β-unsaturated/α-hetero) is 1. The Morgan fingerprint density at radius 3 is 2.36 bits per heavy atom. The lowest BCUT2D eigenvalue weighted by Gasteiger charge is -2.29. The molecule has 8 nitrogen and oxygen atoms in total. The molecule has 234 valence electrons. The van der Waals surface area contributed by atoms with Crippen molar-refractivity contribution in [1.82, 2.24) is 9.80 Å². The number of hydrogen-bond donors (Lipinski definition) is 1. The van der Waals surface area contributed by atoms with Crippen LogP contribution in [0.2, 0.25) is 0 Å². The average molecular weight is 621 g/mol. The number of morpholine rings is 1. The maximum atomic E-state index is 13.6. The van der Waals surface area contributed by atoms with Crippen LogP contribution in [0.15, 0.2) is 78.4 Å². The molecular weight excluding hydrogens is 580 g/mol. The maximum absolute atomic E-state index is 13.6. The van der Waals surface area contributed by atoms with Crippen LogP contribution in [0.1, 0.15) is 43.0 Å². The summed E-state index contributed by atoms with van der Waals surface area (Å²) in [6, 6.07) is 21.4. The van der Waals surface area contributed by atoms with E-state index in [0.29, 0.717) is 67.1 Å². The third-order valence-corrected chi connectivity index (χ3v) is 7.71. The minimum Gasteiger partial charge on any atom is -0.507 e. The van der Waals surface area contributed by atoms with E-state index < -0.39 is 17.7 Å². The van der Waals surface area contributed by atoms with Crippen LogP contribution in [0.25, 0.3) is 5.76 Å². The zero-order valence-electron chi connectivity index (χ0n) is 25.5. The number of aryl methyl sites for hydroxylation is 1. The van der Waals surface area contributed by atoms with Gasteiger partial charge in [0.2, 0.25) is 0 Å². The predicted octanol–water partition coefficient (Wildman–Crippen LogP) is 6.39. The Balaban J connectivity index is 0.00000442. The molecule has 2 aliphatic heterocycles. The Morgan fingerprint density at radius 1 is 0.932 bits per heavy atom. The van der Waals surface area contributed by atoms with Gasteiger partial charge in [-0.2, -0.15) is 0 Å². The number of likely N-dealkylation sites (tertiary alicyclic amines) is 1. The number of carbonyl (C=O) groups excluding carboxylic acids is 2. The summed E-state index contributed by atoms with van der Waals surface area (Å²) in [4.78, 5) is 31.0. The number of aliphatic hydroxyl groups is 1. The second-order valence-electron chi connectivity index (χ2n) is 11.5. The van der Waals surface area contributed by atoms with E-state index in [1.54, 1.807) is 17.0 Å². The average Bonchev–Trinajstić information content (AvgIpc) is 3.26. The molecule has 2 saturated heterocycles. The van der Waals surface area contributed by atoms with E-state index in [-0.39, 0.29) is 23.7 Å². The van der Waals surface area contributed by atoms with Crippen LogP contribution < -0.4 is 9.47 Å². The highest BCUT2D eigenvalue weighted by molar-refractivity contribution is 6.46. The number of ether oxygens (including phenoxy) is 3. The van der Waals surface area contributed by atoms with E-state index in [4.69, 9.17) is 14.2 Å². The summed E-state index contributed by atoms with van der Waals surface area (Å²) in [6.45, 7) is 10.8. The number of amides is 1. The summed E-state index contributed by atoms with van der Waals surface area (Å²) >= 11 is 0. The molecule has 0 saturated carbocycles. The van der Waals surface area contributed by atoms with E-state index in [0.717, 1.165) is 25.2 Å². The van der Waals surface area contributed by atoms with Crippen LogP contribution in [0.3, 0.4) is 0 Å². The van der Waals surface area contributed by atoms with Gasteiger partial charge in [0.05, 0.1) is 31.4 Å². The first kappa shape index (κ1) is 33.1. The van der Waals surface area contributed by atoms with Crippen LogP contribution in [0, 0.1) is 12.8 Å². The molecule has 2 aliphatic rings. The number of ketones is 1. The molecule has 2 fully saturated rings. The van der Waals surface area contributed by atoms with Crippen molar-refractivity contribution in [2.24, 2.45) is 5.92 Å². The Kier molecular flexibility index (Phi) is 11.4. The molecule has 1 unspecified atom stereocenters. The highest BCUT2D eigenvalue weighted by Crippen LogP contribution is 2.41. The van der Waals surface area contributed by atoms with E-state index in [9.17, 15) is 14.7 Å². The number of aliphatic hydroxyl groups excluding tert-OH is 1. The van der Waals surface area contributed by atoms with Gasteiger partial charge in [-0.15, -0.1) is 12.4 Å². The first-order chi connectivity index (χ1) is 20.8. The second kappa shape index (κ2) is 15.2. The highest BCUT2D eigenvalue weighted by atomic mass is 35.5. The first-order valence-corrected chi connectivity index (χ1v) is 15.0. The lowest BCUT2D eigenvalue weighted by Crippen LogP contribution is -2.38. The first-order valence-electron chi connectivity index (χ1n) is 15.0. The molecule has 1 amide bonds. The van der Waals surface area contributed by atoms with Crippen molar-refractivity contribution in [2.75, 3.05) is 46.0 Å². The van der Waals surface area contributed by atoms with Gasteiger partial charge < -0.3 is 24.2 Å². The van der Waals surface area contributed by atoms with Crippen LogP contribution in [-0.2, 0) is 14.3 Å². The molecule has 0 aromatic heterocycles. The fourth-order valence-electron chi connectivity index (χ4n) is 5.52. The van der Waals surface area contributed by atoms with Gasteiger partial charge in [-0.3, -0.25) is 14.5 Å². The van der Waals surface area contributed by atoms with E-state index in [2.05, 4.69) is 18.7 Å². The third kappa shape index (κ3) is 7.80. The molecule has 2 heterocycles. The lowest BCUT2D eigenvalue weighted by atomic mass is 9.93. The molecule has 0 radical (unpaired) electrons. The predicted molar refractivity (Wildman–Crippen MR) is 173 cm³/mol. The van der Waals surface area contributed by atoms with Gasteiger partial charge in [0, 0.05) is 31.7 Å². The van der Waals surface area contributed by atoms with Gasteiger partial charge in [-0.25, -0.2) is 0 Å². The molecular formula is C35H41ClN2O6. The highest BCUT2D eigenvalue weighted by Gasteiger charge is 2.46. The van der Waals surface area contributed by atoms with Gasteiger partial charge in [0.25, 0.3) is 11.7 Å². The molecule has 3 aromatic rings. The second-order valence-corrected chi connectivity index (χ2v) is 11.5. The summed E-state index contributed by atoms with van der Waals surface area (Å²) in [7, 11) is 0. The van der Waals surface area contributed by atoms with Crippen LogP contribution in [0.5, 0.6) is 17.2 Å². The molecule has 0 aliphatic carbocycles. The van der Waals surface area contributed by atoms with Gasteiger partial charge in [0.15, 0.2) is 0 Å². The number of benzene rings is 3. The maximum Gasteiger partial charge on any atom is 0.295 e. The monoisotopic (exact) mass is 620 g/mol. The Morgan fingerprint density at radius 2 is 1.66 bits per heavy atom. The molecule has 44 heavy (non-hydrogen) atoms. The van der Waals surface area contributed by atoms with Crippen molar-refractivity contribution < 1.29 is 28.9 Å². The number of halogens is 1. The Bertz CT molecular complexity index is 1470. The SMILES string of the molecule is Cc1cc(OCC(C)C)ccc1C(O)=C1C(=O)C(=O)N(CCCN2CCOCC2)C1c1cccc(Oc2ccccc2)c1.Cl. The standard InChI is InChI=1S/C35H40N2O6.ClH/c1-24(2)23-42-28-13-14-30(25(3)21-28)33(38)31-32(26-9-7-12-29(22-26)43-27-10-5-4-6-11-27)37(35(40)34(31)39)16-8-15-36-17-19-41-20-18-36;/h4-7,9-14,21-22,24,32,38H,8,15-20,23H2,1-3H3;1H. The van der Waals surface area contributed by atoms with Gasteiger partial charge in [0.1, 0.15) is 23.0 Å². The van der Waals surface area contributed by atoms with E-state index in [1.165, 1.54) is 0 Å². The third-order valence-electron chi connectivity index (χ3n) is 7.71. The molecule has 1 atom stereocenters. The summed E-state index contributed by atoms with van der Waals surface area (Å²) < 4.78 is 17.4. The normalized spacial score (nSPS) is 18.4. The van der Waals surface area contributed by atoms with Crippen LogP contribution >= 0.6 is 12.4 Å². The van der Waals surface area contributed by atoms with Crippen LogP contribution in [-0.4, -0.2) is 72.6 Å². The van der Waals surface area contributed by atoms with Gasteiger partial charge >= 0.3 is 0 Å². The molecule has 1 N–H and O–H groups in total. The topological polar surface area (TPSA) is 88.5 Å². The van der Waals surface area contributed by atoms with Crippen molar-refractivity contribution in [2.45, 2.75) is 33.2 Å². The molecule has 0 bridgehead atoms. The molecule has 5 rings (SSSR count). The van der Waals surface area contributed by atoms with Crippen molar-refractivity contribution >= 4 is 29.9 Å². The molecule has 0 spiro atoms. The molecule has 3 aromatic carbocycles. The number of para-hydroxylation sites is 1.